The van der Waals surface area contributed by atoms with Crippen LogP contribution in [0.15, 0.2) is 116 Å². The van der Waals surface area contributed by atoms with E-state index >= 15 is 0 Å². The Morgan fingerprint density at radius 2 is 1.85 bits per heavy atom. The largest absolute Gasteiger partial charge is 0.497 e. The number of benzene rings is 4. The average molecular weight is 801 g/mol. The van der Waals surface area contributed by atoms with Crippen LogP contribution in [0, 0.1) is 10.1 Å². The Hall–Kier alpha value is -5.74. The molecule has 2 aromatic heterocycles. The summed E-state index contributed by atoms with van der Waals surface area (Å²) in [6, 6.07) is 22.7. The van der Waals surface area contributed by atoms with Crippen molar-refractivity contribution in [3.8, 4) is 22.9 Å². The maximum atomic E-state index is 14.3. The summed E-state index contributed by atoms with van der Waals surface area (Å²) in [5.41, 5.74) is 2.05. The summed E-state index contributed by atoms with van der Waals surface area (Å²) in [5, 5.41) is 23.3. The number of fused-ring (bicyclic) bond motifs is 1. The molecule has 272 valence electrons. The van der Waals surface area contributed by atoms with Gasteiger partial charge in [-0.25, -0.2) is 9.98 Å². The number of hydrogen-bond donors (Lipinski definition) is 2. The summed E-state index contributed by atoms with van der Waals surface area (Å²) >= 11 is 14.4. The quantitative estimate of drug-likeness (QED) is 0.109. The molecule has 1 amide bonds. The lowest BCUT2D eigenvalue weighted by atomic mass is 9.94. The molecule has 1 atom stereocenters. The molecule has 0 spiro atoms. The van der Waals surface area contributed by atoms with E-state index in [4.69, 9.17) is 32.7 Å². The lowest BCUT2D eigenvalue weighted by Gasteiger charge is -2.26. The maximum absolute atomic E-state index is 14.3. The smallest absolute Gasteiger partial charge is 0.283 e. The zero-order valence-electron chi connectivity index (χ0n) is 28.5. The van der Waals surface area contributed by atoms with Crippen LogP contribution in [0.2, 0.25) is 10.0 Å². The molecule has 4 aromatic carbocycles. The molecular formula is C37H27Cl2N7O6S2. The van der Waals surface area contributed by atoms with Crippen LogP contribution in [-0.4, -0.2) is 44.8 Å². The highest BCUT2D eigenvalue weighted by molar-refractivity contribution is 7.99. The highest BCUT2D eigenvalue weighted by atomic mass is 35.5. The van der Waals surface area contributed by atoms with E-state index < -0.39 is 22.4 Å². The average Bonchev–Trinajstić information content (AvgIpc) is 3.74. The van der Waals surface area contributed by atoms with Crippen LogP contribution in [0.4, 0.5) is 11.4 Å². The first-order chi connectivity index (χ1) is 26.0. The number of amides is 1. The number of ether oxygens (including phenoxy) is 2. The highest BCUT2D eigenvalue weighted by Crippen LogP contribution is 2.38. The summed E-state index contributed by atoms with van der Waals surface area (Å²) in [6.45, 7) is 1.71. The van der Waals surface area contributed by atoms with Gasteiger partial charge >= 0.3 is 0 Å². The van der Waals surface area contributed by atoms with E-state index in [1.54, 1.807) is 85.8 Å². The molecule has 0 saturated heterocycles. The van der Waals surface area contributed by atoms with Crippen LogP contribution in [-0.2, 0) is 4.79 Å². The first-order valence-electron chi connectivity index (χ1n) is 16.0. The molecular weight excluding hydrogens is 773 g/mol. The van der Waals surface area contributed by atoms with Crippen LogP contribution >= 0.6 is 46.3 Å². The third kappa shape index (κ3) is 7.26. The van der Waals surface area contributed by atoms with Gasteiger partial charge in [-0.05, 0) is 78.9 Å². The van der Waals surface area contributed by atoms with Gasteiger partial charge in [0.25, 0.3) is 17.2 Å². The first kappa shape index (κ1) is 36.6. The summed E-state index contributed by atoms with van der Waals surface area (Å²) in [6.07, 6.45) is 1.56. The number of aromatic amines is 1. The number of anilines is 1. The Bertz CT molecular complexity index is 2680. The van der Waals surface area contributed by atoms with Gasteiger partial charge in [0.15, 0.2) is 10.6 Å². The fourth-order valence-corrected chi connectivity index (χ4v) is 8.21. The van der Waals surface area contributed by atoms with Gasteiger partial charge in [-0.3, -0.25) is 29.4 Å². The number of rotatable bonds is 10. The number of methoxy groups -OCH3 is 2. The molecule has 0 fully saturated rings. The third-order valence-corrected chi connectivity index (χ3v) is 10.8. The van der Waals surface area contributed by atoms with Gasteiger partial charge in [0, 0.05) is 34.0 Å². The van der Waals surface area contributed by atoms with Crippen molar-refractivity contribution < 1.29 is 19.2 Å². The molecule has 1 aliphatic rings. The van der Waals surface area contributed by atoms with E-state index in [0.29, 0.717) is 60.2 Å². The van der Waals surface area contributed by atoms with Crippen molar-refractivity contribution in [1.29, 1.82) is 0 Å². The Labute approximate surface area is 324 Å². The number of nitrogens with one attached hydrogen (secondary N) is 2. The lowest BCUT2D eigenvalue weighted by molar-refractivity contribution is -0.387. The minimum absolute atomic E-state index is 0.214. The zero-order chi connectivity index (χ0) is 38.1. The zero-order valence-corrected chi connectivity index (χ0v) is 31.6. The summed E-state index contributed by atoms with van der Waals surface area (Å²) in [4.78, 5) is 49.8. The topological polar surface area (TPSA) is 167 Å². The van der Waals surface area contributed by atoms with Crippen LogP contribution in [0.5, 0.6) is 11.5 Å². The number of nitrogens with zero attached hydrogens (tertiary/aromatic N) is 5. The molecule has 3 heterocycles. The number of nitro benzene ring substituents is 1. The number of carbonyl (C=O) groups is 1. The number of thiazole rings is 1. The molecule has 0 radical (unpaired) electrons. The molecule has 13 nitrogen and oxygen atoms in total. The summed E-state index contributed by atoms with van der Waals surface area (Å²) < 4.78 is 12.8. The van der Waals surface area contributed by atoms with Gasteiger partial charge in [0.05, 0.1) is 44.9 Å². The maximum Gasteiger partial charge on any atom is 0.283 e. The van der Waals surface area contributed by atoms with Crippen molar-refractivity contribution in [3.63, 3.8) is 0 Å². The van der Waals surface area contributed by atoms with Crippen molar-refractivity contribution in [2.24, 2.45) is 4.99 Å². The standard InChI is InChI=1S/C37H27Cl2N7O6S2/c1-19-31(34(47)41-22-7-5-4-6-8-22)32(25-13-11-23(51-2)18-28(25)52-3)45-35(48)30(54-37(45)40-19)16-20-9-14-29(27(15-20)46(49)50)53-36-42-33(43-44-36)24-12-10-21(38)17-26(24)39/h4-18,32H,1-3H3,(H,41,47)(H,42,43,44)/b30-16+/t32-/m1/s1. The SMILES string of the molecule is COc1ccc([C@@H]2C(C(=O)Nc3ccccc3)=C(C)N=c3s/c(=C/c4ccc(Sc5n[nH]c(-c6ccc(Cl)cc6Cl)n5)c([N+](=O)[O-])c4)c(=O)n32)c(OC)c1. The van der Waals surface area contributed by atoms with Crippen LogP contribution in [0.1, 0.15) is 24.1 Å². The Morgan fingerprint density at radius 3 is 2.57 bits per heavy atom. The summed E-state index contributed by atoms with van der Waals surface area (Å²) in [7, 11) is 3.02. The van der Waals surface area contributed by atoms with Crippen molar-refractivity contribution in [1.82, 2.24) is 19.7 Å². The van der Waals surface area contributed by atoms with Gasteiger partial charge in [-0.1, -0.05) is 58.8 Å². The van der Waals surface area contributed by atoms with Gasteiger partial charge in [0.1, 0.15) is 17.5 Å². The molecule has 54 heavy (non-hydrogen) atoms. The van der Waals surface area contributed by atoms with Gasteiger partial charge in [-0.2, -0.15) is 0 Å². The van der Waals surface area contributed by atoms with Crippen molar-refractivity contribution in [2.75, 3.05) is 19.5 Å². The number of para-hydroxylation sites is 1. The number of allylic oxidation sites excluding steroid dienone is 1. The van der Waals surface area contributed by atoms with Gasteiger partial charge in [0.2, 0.25) is 5.16 Å². The van der Waals surface area contributed by atoms with Crippen molar-refractivity contribution in [3.05, 3.63) is 147 Å². The van der Waals surface area contributed by atoms with E-state index in [-0.39, 0.29) is 25.8 Å². The molecule has 0 bridgehead atoms. The fraction of sp³-hybridized carbons (Fsp3) is 0.108. The molecule has 7 rings (SSSR count). The molecule has 2 N–H and O–H groups in total. The second-order valence-electron chi connectivity index (χ2n) is 11.7. The fourth-order valence-electron chi connectivity index (χ4n) is 5.87. The predicted molar refractivity (Wildman–Crippen MR) is 207 cm³/mol. The first-order valence-corrected chi connectivity index (χ1v) is 18.4. The van der Waals surface area contributed by atoms with E-state index in [9.17, 15) is 19.7 Å². The van der Waals surface area contributed by atoms with Crippen LogP contribution < -0.4 is 29.7 Å². The monoisotopic (exact) mass is 799 g/mol. The predicted octanol–water partition coefficient (Wildman–Crippen LogP) is 7.04. The Morgan fingerprint density at radius 1 is 1.06 bits per heavy atom. The second kappa shape index (κ2) is 15.3. The van der Waals surface area contributed by atoms with Crippen LogP contribution in [0.25, 0.3) is 17.5 Å². The summed E-state index contributed by atoms with van der Waals surface area (Å²) in [5.74, 6) is 0.845. The Kier molecular flexibility index (Phi) is 10.4. The highest BCUT2D eigenvalue weighted by Gasteiger charge is 2.34. The van der Waals surface area contributed by atoms with E-state index in [2.05, 4.69) is 25.5 Å². The molecule has 17 heteroatoms. The van der Waals surface area contributed by atoms with E-state index in [1.807, 2.05) is 6.07 Å². The molecule has 0 unspecified atom stereocenters. The lowest BCUT2D eigenvalue weighted by Crippen LogP contribution is -2.40. The van der Waals surface area contributed by atoms with Crippen LogP contribution in [0.3, 0.4) is 0 Å². The number of carbonyl (C=O) groups excluding carboxylic acids is 1. The number of nitro groups is 1. The molecule has 0 aliphatic carbocycles. The minimum atomic E-state index is -0.935. The van der Waals surface area contributed by atoms with E-state index in [1.165, 1.54) is 24.9 Å². The molecule has 0 saturated carbocycles. The number of H-pyrrole nitrogens is 1. The minimum Gasteiger partial charge on any atom is -0.497 e. The van der Waals surface area contributed by atoms with E-state index in [0.717, 1.165) is 23.1 Å². The second-order valence-corrected chi connectivity index (χ2v) is 14.5. The van der Waals surface area contributed by atoms with Crippen molar-refractivity contribution >= 4 is 69.7 Å². The third-order valence-electron chi connectivity index (χ3n) is 8.36. The number of aromatic nitrogens is 4. The van der Waals surface area contributed by atoms with Crippen molar-refractivity contribution in [2.45, 2.75) is 23.0 Å². The Balaban J connectivity index is 1.28. The normalized spacial score (nSPS) is 14.0. The molecule has 1 aliphatic heterocycles. The number of hydrogen-bond acceptors (Lipinski definition) is 11. The number of halogens is 2. The van der Waals surface area contributed by atoms with Gasteiger partial charge in [-0.15, -0.1) is 5.10 Å². The van der Waals surface area contributed by atoms with Gasteiger partial charge < -0.3 is 14.8 Å². The molecule has 6 aromatic rings.